The van der Waals surface area contributed by atoms with Crippen molar-refractivity contribution in [2.45, 2.75) is 45.3 Å². The molecule has 108 valence electrons. The van der Waals surface area contributed by atoms with Gasteiger partial charge in [0, 0.05) is 4.88 Å². The fourth-order valence-corrected chi connectivity index (χ4v) is 4.66. The molecule has 0 saturated carbocycles. The molecule has 0 bridgehead atoms. The van der Waals surface area contributed by atoms with Gasteiger partial charge >= 0.3 is 5.97 Å². The first kappa shape index (κ1) is 16.1. The third-order valence-electron chi connectivity index (χ3n) is 2.48. The summed E-state index contributed by atoms with van der Waals surface area (Å²) in [7, 11) is -3.13. The van der Waals surface area contributed by atoms with Crippen molar-refractivity contribution in [2.24, 2.45) is 0 Å². The van der Waals surface area contributed by atoms with Crippen molar-refractivity contribution < 1.29 is 18.3 Å². The van der Waals surface area contributed by atoms with Crippen LogP contribution < -0.4 is 0 Å². The minimum Gasteiger partial charge on any atom is -0.481 e. The number of aromatic nitrogens is 1. The van der Waals surface area contributed by atoms with Crippen molar-refractivity contribution in [2.75, 3.05) is 5.75 Å². The van der Waals surface area contributed by atoms with E-state index >= 15 is 0 Å². The van der Waals surface area contributed by atoms with Gasteiger partial charge in [0.15, 0.2) is 9.84 Å². The Kier molecular flexibility index (Phi) is 5.93. The van der Waals surface area contributed by atoms with Crippen LogP contribution in [0.3, 0.4) is 0 Å². The zero-order valence-corrected chi connectivity index (χ0v) is 12.8. The zero-order chi connectivity index (χ0) is 14.5. The minimum absolute atomic E-state index is 0.0815. The molecule has 0 aliphatic rings. The summed E-state index contributed by atoms with van der Waals surface area (Å²) in [4.78, 5) is 15.8. The number of hydrogen-bond donors (Lipinski definition) is 1. The lowest BCUT2D eigenvalue weighted by molar-refractivity contribution is -0.136. The summed E-state index contributed by atoms with van der Waals surface area (Å²) in [6.07, 6.45) is 2.04. The van der Waals surface area contributed by atoms with Crippen LogP contribution in [0.1, 0.15) is 42.3 Å². The summed E-state index contributed by atoms with van der Waals surface area (Å²) in [5, 5.41) is 9.35. The Morgan fingerprint density at radius 3 is 2.53 bits per heavy atom. The fourth-order valence-electron chi connectivity index (χ4n) is 1.78. The lowest BCUT2D eigenvalue weighted by atomic mass is 10.2. The van der Waals surface area contributed by atoms with Crippen LogP contribution in [0.25, 0.3) is 0 Å². The van der Waals surface area contributed by atoms with E-state index in [1.165, 1.54) is 11.3 Å². The molecule has 1 heterocycles. The molecule has 0 atom stereocenters. The van der Waals surface area contributed by atoms with Crippen molar-refractivity contribution in [3.8, 4) is 0 Å². The quantitative estimate of drug-likeness (QED) is 0.794. The van der Waals surface area contributed by atoms with E-state index in [9.17, 15) is 13.2 Å². The fraction of sp³-hybridized carbons (Fsp3) is 0.667. The zero-order valence-electron chi connectivity index (χ0n) is 11.2. The summed E-state index contributed by atoms with van der Waals surface area (Å²) in [5.41, 5.74) is 0.733. The predicted octanol–water partition coefficient (Wildman–Crippen LogP) is 2.05. The third-order valence-corrected chi connectivity index (χ3v) is 5.50. The Morgan fingerprint density at radius 1 is 1.32 bits per heavy atom. The molecule has 0 saturated heterocycles. The Morgan fingerprint density at radius 2 is 2.00 bits per heavy atom. The standard InChI is InChI=1S/C12H19NO4S2/c1-3-5-9-10(7-12(14)15)18-11(13-9)8-19(16,17)6-4-2/h3-8H2,1-2H3,(H,14,15). The number of hydrogen-bond acceptors (Lipinski definition) is 5. The maximum absolute atomic E-state index is 11.8. The molecule has 0 radical (unpaired) electrons. The van der Waals surface area contributed by atoms with Crippen molar-refractivity contribution in [3.63, 3.8) is 0 Å². The Hall–Kier alpha value is -0.950. The predicted molar refractivity (Wildman–Crippen MR) is 75.2 cm³/mol. The molecular weight excluding hydrogens is 286 g/mol. The van der Waals surface area contributed by atoms with Crippen LogP contribution in [-0.4, -0.2) is 30.2 Å². The van der Waals surface area contributed by atoms with E-state index in [2.05, 4.69) is 4.98 Å². The van der Waals surface area contributed by atoms with E-state index in [0.717, 1.165) is 12.1 Å². The van der Waals surface area contributed by atoms with E-state index < -0.39 is 15.8 Å². The summed E-state index contributed by atoms with van der Waals surface area (Å²) in [6, 6.07) is 0. The van der Waals surface area contributed by atoms with Gasteiger partial charge < -0.3 is 5.11 Å². The van der Waals surface area contributed by atoms with Crippen LogP contribution in [-0.2, 0) is 33.2 Å². The molecule has 7 heteroatoms. The second-order valence-electron chi connectivity index (χ2n) is 4.39. The van der Waals surface area contributed by atoms with Gasteiger partial charge in [0.25, 0.3) is 0 Å². The topological polar surface area (TPSA) is 84.3 Å². The molecule has 0 fully saturated rings. The molecule has 1 rings (SSSR count). The number of carboxylic acid groups (broad SMARTS) is 1. The molecule has 0 aliphatic heterocycles. The van der Waals surface area contributed by atoms with Gasteiger partial charge in [-0.2, -0.15) is 0 Å². The van der Waals surface area contributed by atoms with E-state index in [4.69, 9.17) is 5.11 Å². The van der Waals surface area contributed by atoms with Crippen molar-refractivity contribution in [1.29, 1.82) is 0 Å². The lowest BCUT2D eigenvalue weighted by Crippen LogP contribution is -2.08. The van der Waals surface area contributed by atoms with Gasteiger partial charge in [0.05, 0.1) is 17.9 Å². The normalized spacial score (nSPS) is 11.7. The average molecular weight is 305 g/mol. The van der Waals surface area contributed by atoms with Crippen LogP contribution in [0, 0.1) is 0 Å². The highest BCUT2D eigenvalue weighted by Gasteiger charge is 2.18. The summed E-state index contributed by atoms with van der Waals surface area (Å²) >= 11 is 1.21. The van der Waals surface area contributed by atoms with Crippen LogP contribution in [0.15, 0.2) is 0 Å². The van der Waals surface area contributed by atoms with Crippen LogP contribution in [0.4, 0.5) is 0 Å². The van der Waals surface area contributed by atoms with Gasteiger partial charge in [0.2, 0.25) is 0 Å². The van der Waals surface area contributed by atoms with Crippen LogP contribution in [0.5, 0.6) is 0 Å². The summed E-state index contributed by atoms with van der Waals surface area (Å²) < 4.78 is 23.5. The molecule has 1 aromatic heterocycles. The molecule has 0 unspecified atom stereocenters. The van der Waals surface area contributed by atoms with Crippen LogP contribution in [0.2, 0.25) is 0 Å². The highest BCUT2D eigenvalue weighted by molar-refractivity contribution is 7.90. The molecule has 0 aliphatic carbocycles. The molecule has 1 N–H and O–H groups in total. The van der Waals surface area contributed by atoms with Gasteiger partial charge in [-0.15, -0.1) is 11.3 Å². The second kappa shape index (κ2) is 7.00. The number of aryl methyl sites for hydroxylation is 1. The maximum atomic E-state index is 11.8. The molecule has 1 aromatic rings. The van der Waals surface area contributed by atoms with Gasteiger partial charge in [-0.25, -0.2) is 13.4 Å². The van der Waals surface area contributed by atoms with Gasteiger partial charge in [0.1, 0.15) is 10.8 Å². The molecule has 19 heavy (non-hydrogen) atoms. The molecule has 0 spiro atoms. The van der Waals surface area contributed by atoms with Crippen LogP contribution >= 0.6 is 11.3 Å². The number of carboxylic acids is 1. The van der Waals surface area contributed by atoms with Crippen molar-refractivity contribution >= 4 is 27.1 Å². The van der Waals surface area contributed by atoms with E-state index in [0.29, 0.717) is 22.7 Å². The number of nitrogens with zero attached hydrogens (tertiary/aromatic N) is 1. The molecular formula is C12H19NO4S2. The van der Waals surface area contributed by atoms with Gasteiger partial charge in [-0.1, -0.05) is 20.3 Å². The van der Waals surface area contributed by atoms with Crippen molar-refractivity contribution in [1.82, 2.24) is 4.98 Å². The molecule has 5 nitrogen and oxygen atoms in total. The lowest BCUT2D eigenvalue weighted by Gasteiger charge is -1.98. The first-order valence-electron chi connectivity index (χ1n) is 6.27. The first-order chi connectivity index (χ1) is 8.88. The van der Waals surface area contributed by atoms with E-state index in [1.807, 2.05) is 13.8 Å². The largest absolute Gasteiger partial charge is 0.481 e. The minimum atomic E-state index is -3.13. The highest BCUT2D eigenvalue weighted by atomic mass is 32.2. The van der Waals surface area contributed by atoms with E-state index in [1.54, 1.807) is 0 Å². The van der Waals surface area contributed by atoms with Crippen molar-refractivity contribution in [3.05, 3.63) is 15.6 Å². The van der Waals surface area contributed by atoms with Gasteiger partial charge in [-0.05, 0) is 12.8 Å². The summed E-state index contributed by atoms with van der Waals surface area (Å²) in [5.74, 6) is -0.852. The monoisotopic (exact) mass is 305 g/mol. The highest BCUT2D eigenvalue weighted by Crippen LogP contribution is 2.23. The molecule has 0 aromatic carbocycles. The van der Waals surface area contributed by atoms with E-state index in [-0.39, 0.29) is 17.9 Å². The number of rotatable bonds is 8. The Balaban J connectivity index is 2.94. The first-order valence-corrected chi connectivity index (χ1v) is 8.91. The smallest absolute Gasteiger partial charge is 0.308 e. The van der Waals surface area contributed by atoms with Gasteiger partial charge in [-0.3, -0.25) is 4.79 Å². The number of sulfone groups is 1. The Labute approximate surface area is 117 Å². The maximum Gasteiger partial charge on any atom is 0.308 e. The average Bonchev–Trinajstić information content (AvgIpc) is 2.58. The third kappa shape index (κ3) is 5.28. The number of thiazole rings is 1. The number of aliphatic carboxylic acids is 1. The molecule has 0 amide bonds. The summed E-state index contributed by atoms with van der Waals surface area (Å²) in [6.45, 7) is 3.80. The second-order valence-corrected chi connectivity index (χ2v) is 7.74. The Bertz CT molecular complexity index is 534. The number of carbonyl (C=O) groups is 1. The SMILES string of the molecule is CCCc1nc(CS(=O)(=O)CCC)sc1CC(=O)O.